The molecular weight excluding hydrogens is 356 g/mol. The number of benzene rings is 2. The molecule has 8 heteroatoms. The SMILES string of the molecule is O=C(OCc1ccccc1)C(F)(F)C(F)(F)C(=O)OCc1ccccc1. The Bertz CT molecular complexity index is 683. The summed E-state index contributed by atoms with van der Waals surface area (Å²) in [6, 6.07) is 15.3. The topological polar surface area (TPSA) is 52.6 Å². The summed E-state index contributed by atoms with van der Waals surface area (Å²) in [6.07, 6.45) is 0. The zero-order chi connectivity index (χ0) is 19.2. The fourth-order valence-corrected chi connectivity index (χ4v) is 1.88. The molecule has 0 saturated heterocycles. The maximum absolute atomic E-state index is 13.7. The smallest absolute Gasteiger partial charge is 0.415 e. The molecule has 0 bridgehead atoms. The van der Waals surface area contributed by atoms with Gasteiger partial charge in [0.15, 0.2) is 0 Å². The van der Waals surface area contributed by atoms with Crippen LogP contribution in [0.5, 0.6) is 0 Å². The Morgan fingerprint density at radius 2 is 0.962 bits per heavy atom. The van der Waals surface area contributed by atoms with Crippen LogP contribution in [0.1, 0.15) is 11.1 Å². The van der Waals surface area contributed by atoms with Crippen molar-refractivity contribution < 1.29 is 36.6 Å². The number of esters is 2. The van der Waals surface area contributed by atoms with Crippen molar-refractivity contribution in [1.29, 1.82) is 0 Å². The maximum atomic E-state index is 13.7. The molecule has 0 aliphatic carbocycles. The lowest BCUT2D eigenvalue weighted by molar-refractivity contribution is -0.239. The van der Waals surface area contributed by atoms with Crippen molar-refractivity contribution in [2.24, 2.45) is 0 Å². The first-order valence-corrected chi connectivity index (χ1v) is 7.43. The Labute approximate surface area is 146 Å². The second-order valence-corrected chi connectivity index (χ2v) is 5.27. The summed E-state index contributed by atoms with van der Waals surface area (Å²) in [7, 11) is 0. The van der Waals surface area contributed by atoms with Crippen molar-refractivity contribution in [1.82, 2.24) is 0 Å². The van der Waals surface area contributed by atoms with Crippen LogP contribution in [-0.4, -0.2) is 23.8 Å². The standard InChI is InChI=1S/C18H14F4O4/c19-17(20,15(23)25-11-13-7-3-1-4-8-13)18(21,22)16(24)26-12-14-9-5-2-6-10-14/h1-10H,11-12H2. The van der Waals surface area contributed by atoms with E-state index in [9.17, 15) is 27.2 Å². The van der Waals surface area contributed by atoms with Gasteiger partial charge < -0.3 is 9.47 Å². The van der Waals surface area contributed by atoms with E-state index in [1.165, 1.54) is 24.3 Å². The van der Waals surface area contributed by atoms with Crippen molar-refractivity contribution in [2.45, 2.75) is 25.1 Å². The number of hydrogen-bond acceptors (Lipinski definition) is 4. The molecule has 0 aliphatic rings. The Morgan fingerprint density at radius 3 is 1.27 bits per heavy atom. The molecule has 0 radical (unpaired) electrons. The van der Waals surface area contributed by atoms with Crippen molar-refractivity contribution in [3.8, 4) is 0 Å². The van der Waals surface area contributed by atoms with E-state index in [0.29, 0.717) is 11.1 Å². The molecule has 0 heterocycles. The first-order chi connectivity index (χ1) is 12.2. The molecule has 0 unspecified atom stereocenters. The van der Waals surface area contributed by atoms with E-state index in [2.05, 4.69) is 9.47 Å². The van der Waals surface area contributed by atoms with Crippen LogP contribution in [0.25, 0.3) is 0 Å². The first-order valence-electron chi connectivity index (χ1n) is 7.43. The van der Waals surface area contributed by atoms with Gasteiger partial charge in [-0.3, -0.25) is 0 Å². The number of carbonyl (C=O) groups is 2. The molecule has 2 rings (SSSR count). The van der Waals surface area contributed by atoms with Gasteiger partial charge in [0.2, 0.25) is 0 Å². The molecule has 0 spiro atoms. The van der Waals surface area contributed by atoms with Crippen LogP contribution < -0.4 is 0 Å². The van der Waals surface area contributed by atoms with E-state index in [1.807, 2.05) is 0 Å². The molecule has 0 aliphatic heterocycles. The quantitative estimate of drug-likeness (QED) is 0.550. The fraction of sp³-hybridized carbons (Fsp3) is 0.222. The van der Waals surface area contributed by atoms with Crippen molar-refractivity contribution >= 4 is 11.9 Å². The van der Waals surface area contributed by atoms with Gasteiger partial charge in [-0.2, -0.15) is 17.6 Å². The average Bonchev–Trinajstić information content (AvgIpc) is 2.65. The number of halogens is 4. The molecule has 0 N–H and O–H groups in total. The van der Waals surface area contributed by atoms with Crippen LogP contribution in [0, 0.1) is 0 Å². The molecule has 138 valence electrons. The second kappa shape index (κ2) is 7.99. The highest BCUT2D eigenvalue weighted by atomic mass is 19.3. The summed E-state index contributed by atoms with van der Waals surface area (Å²) in [5.41, 5.74) is 0.651. The molecular formula is C18H14F4O4. The summed E-state index contributed by atoms with van der Waals surface area (Å²) in [5, 5.41) is 0. The van der Waals surface area contributed by atoms with Crippen molar-refractivity contribution in [2.75, 3.05) is 0 Å². The predicted molar refractivity (Wildman–Crippen MR) is 82.4 cm³/mol. The first kappa shape index (κ1) is 19.4. The summed E-state index contributed by atoms with van der Waals surface area (Å²) < 4.78 is 63.4. The molecule has 0 aromatic heterocycles. The average molecular weight is 370 g/mol. The van der Waals surface area contributed by atoms with Gasteiger partial charge in [-0.15, -0.1) is 0 Å². The van der Waals surface area contributed by atoms with Gasteiger partial charge in [-0.1, -0.05) is 60.7 Å². The highest BCUT2D eigenvalue weighted by molar-refractivity contribution is 5.90. The minimum Gasteiger partial charge on any atom is -0.456 e. The maximum Gasteiger partial charge on any atom is 0.415 e. The summed E-state index contributed by atoms with van der Waals surface area (Å²) in [6.45, 7) is -1.27. The van der Waals surface area contributed by atoms with Gasteiger partial charge in [-0.25, -0.2) is 9.59 Å². The van der Waals surface area contributed by atoms with Gasteiger partial charge >= 0.3 is 23.8 Å². The number of carbonyl (C=O) groups excluding carboxylic acids is 2. The molecule has 26 heavy (non-hydrogen) atoms. The monoisotopic (exact) mass is 370 g/mol. The number of ether oxygens (including phenoxy) is 2. The number of alkyl halides is 4. The third kappa shape index (κ3) is 4.38. The van der Waals surface area contributed by atoms with E-state index in [4.69, 9.17) is 0 Å². The van der Waals surface area contributed by atoms with Gasteiger partial charge in [0.05, 0.1) is 0 Å². The van der Waals surface area contributed by atoms with E-state index >= 15 is 0 Å². The minimum atomic E-state index is -5.37. The third-order valence-electron chi connectivity index (χ3n) is 3.33. The zero-order valence-electron chi connectivity index (χ0n) is 13.3. The van der Waals surface area contributed by atoms with Crippen LogP contribution in [-0.2, 0) is 32.3 Å². The molecule has 2 aromatic carbocycles. The van der Waals surface area contributed by atoms with Crippen molar-refractivity contribution in [3.63, 3.8) is 0 Å². The van der Waals surface area contributed by atoms with Crippen LogP contribution >= 0.6 is 0 Å². The highest BCUT2D eigenvalue weighted by Gasteiger charge is 2.69. The molecule has 0 fully saturated rings. The number of hydrogen-bond donors (Lipinski definition) is 0. The highest BCUT2D eigenvalue weighted by Crippen LogP contribution is 2.37. The van der Waals surface area contributed by atoms with E-state index in [0.717, 1.165) is 0 Å². The van der Waals surface area contributed by atoms with Gasteiger partial charge in [0.25, 0.3) is 0 Å². The molecule has 2 aromatic rings. The van der Waals surface area contributed by atoms with Gasteiger partial charge in [-0.05, 0) is 11.1 Å². The Balaban J connectivity index is 1.99. The van der Waals surface area contributed by atoms with Crippen molar-refractivity contribution in [3.05, 3.63) is 71.8 Å². The van der Waals surface area contributed by atoms with Gasteiger partial charge in [0.1, 0.15) is 13.2 Å². The van der Waals surface area contributed by atoms with E-state index in [1.54, 1.807) is 36.4 Å². The molecule has 0 atom stereocenters. The Kier molecular flexibility index (Phi) is 5.97. The fourth-order valence-electron chi connectivity index (χ4n) is 1.88. The largest absolute Gasteiger partial charge is 0.456 e. The lowest BCUT2D eigenvalue weighted by atomic mass is 10.1. The third-order valence-corrected chi connectivity index (χ3v) is 3.33. The summed E-state index contributed by atoms with van der Waals surface area (Å²) in [4.78, 5) is 22.8. The molecule has 0 saturated carbocycles. The molecule has 0 amide bonds. The lowest BCUT2D eigenvalue weighted by Gasteiger charge is -2.23. The van der Waals surface area contributed by atoms with Gasteiger partial charge in [0, 0.05) is 0 Å². The van der Waals surface area contributed by atoms with Crippen LogP contribution in [0.4, 0.5) is 17.6 Å². The van der Waals surface area contributed by atoms with Crippen LogP contribution in [0.2, 0.25) is 0 Å². The lowest BCUT2D eigenvalue weighted by Crippen LogP contribution is -2.53. The van der Waals surface area contributed by atoms with E-state index in [-0.39, 0.29) is 0 Å². The minimum absolute atomic E-state index is 0.326. The summed E-state index contributed by atoms with van der Waals surface area (Å²) >= 11 is 0. The zero-order valence-corrected chi connectivity index (χ0v) is 13.3. The molecule has 4 nitrogen and oxygen atoms in total. The normalized spacial score (nSPS) is 11.7. The predicted octanol–water partition coefficient (Wildman–Crippen LogP) is 3.74. The second-order valence-electron chi connectivity index (χ2n) is 5.27. The van der Waals surface area contributed by atoms with Crippen LogP contribution in [0.15, 0.2) is 60.7 Å². The summed E-state index contributed by atoms with van der Waals surface area (Å²) in [5.74, 6) is -15.8. The Morgan fingerprint density at radius 1 is 0.654 bits per heavy atom. The van der Waals surface area contributed by atoms with Crippen LogP contribution in [0.3, 0.4) is 0 Å². The van der Waals surface area contributed by atoms with E-state index < -0.39 is 37.0 Å². The number of rotatable bonds is 7. The Hall–Kier alpha value is -2.90.